The summed E-state index contributed by atoms with van der Waals surface area (Å²) >= 11 is 1.64. The smallest absolute Gasteiger partial charge is 0.173 e. The second kappa shape index (κ2) is 6.18. The van der Waals surface area contributed by atoms with Crippen molar-refractivity contribution in [1.82, 2.24) is 0 Å². The van der Waals surface area contributed by atoms with Crippen molar-refractivity contribution in [2.24, 2.45) is 16.8 Å². The fourth-order valence-corrected chi connectivity index (χ4v) is 4.62. The van der Waals surface area contributed by atoms with Crippen molar-refractivity contribution in [3.8, 4) is 0 Å². The Balaban J connectivity index is 2.05. The number of nitrogens with zero attached hydrogens (tertiary/aromatic N) is 2. The van der Waals surface area contributed by atoms with E-state index >= 15 is 0 Å². The van der Waals surface area contributed by atoms with Crippen LogP contribution in [0.5, 0.6) is 0 Å². The fraction of sp³-hybridized carbons (Fsp3) is 0.562. The predicted octanol–water partition coefficient (Wildman–Crippen LogP) is 3.27. The number of anilines is 1. The van der Waals surface area contributed by atoms with Gasteiger partial charge in [-0.05, 0) is 50.0 Å². The Hall–Kier alpha value is -1.36. The minimum atomic E-state index is 0.218. The monoisotopic (exact) mass is 305 g/mol. The molecule has 1 saturated heterocycles. The minimum absolute atomic E-state index is 0.218. The van der Waals surface area contributed by atoms with Gasteiger partial charge in [-0.15, -0.1) is 11.8 Å². The molecule has 1 saturated carbocycles. The molecule has 3 N–H and O–H groups in total. The Morgan fingerprint density at radius 3 is 2.90 bits per heavy atom. The second-order valence-corrected chi connectivity index (χ2v) is 6.78. The maximum Gasteiger partial charge on any atom is 0.173 e. The third-order valence-electron chi connectivity index (χ3n) is 4.89. The number of rotatable bonds is 3. The molecule has 1 heterocycles. The summed E-state index contributed by atoms with van der Waals surface area (Å²) < 4.78 is 0. The standard InChI is InChI=1S/C16H23N3OS/c1-21-14-9-3-8-13(15(14)16(17)18-20)19-10-4-6-11-5-2-7-12(11)19/h3,8-9,11-12,20H,2,4-7,10H2,1H3,(H2,17,18). The molecule has 21 heavy (non-hydrogen) atoms. The number of thioether (sulfide) groups is 1. The van der Waals surface area contributed by atoms with Gasteiger partial charge < -0.3 is 15.8 Å². The van der Waals surface area contributed by atoms with E-state index in [9.17, 15) is 0 Å². The Bertz CT molecular complexity index is 546. The van der Waals surface area contributed by atoms with Crippen LogP contribution in [0, 0.1) is 5.92 Å². The van der Waals surface area contributed by atoms with Gasteiger partial charge in [0.2, 0.25) is 0 Å². The third kappa shape index (κ3) is 2.59. The maximum absolute atomic E-state index is 9.15. The van der Waals surface area contributed by atoms with Gasteiger partial charge in [0.1, 0.15) is 0 Å². The van der Waals surface area contributed by atoms with Gasteiger partial charge in [0.25, 0.3) is 0 Å². The molecular formula is C16H23N3OS. The van der Waals surface area contributed by atoms with Gasteiger partial charge in [-0.2, -0.15) is 0 Å². The minimum Gasteiger partial charge on any atom is -0.409 e. The summed E-state index contributed by atoms with van der Waals surface area (Å²) in [6.45, 7) is 1.07. The number of oxime groups is 1. The third-order valence-corrected chi connectivity index (χ3v) is 5.67. The average Bonchev–Trinajstić information content (AvgIpc) is 3.01. The second-order valence-electron chi connectivity index (χ2n) is 5.93. The van der Waals surface area contributed by atoms with Gasteiger partial charge in [-0.25, -0.2) is 0 Å². The van der Waals surface area contributed by atoms with E-state index in [1.165, 1.54) is 32.1 Å². The zero-order valence-corrected chi connectivity index (χ0v) is 13.3. The fourth-order valence-electron chi connectivity index (χ4n) is 3.99. The molecule has 0 spiro atoms. The molecule has 2 aliphatic rings. The van der Waals surface area contributed by atoms with Crippen molar-refractivity contribution >= 4 is 23.3 Å². The van der Waals surface area contributed by atoms with Crippen molar-refractivity contribution in [3.63, 3.8) is 0 Å². The lowest BCUT2D eigenvalue weighted by Crippen LogP contribution is -2.43. The first-order valence-corrected chi connectivity index (χ1v) is 8.90. The molecule has 2 atom stereocenters. The molecule has 2 unspecified atom stereocenters. The molecule has 1 aromatic carbocycles. The first-order valence-electron chi connectivity index (χ1n) is 7.67. The summed E-state index contributed by atoms with van der Waals surface area (Å²) in [7, 11) is 0. The zero-order valence-electron chi connectivity index (χ0n) is 12.5. The van der Waals surface area contributed by atoms with E-state index in [0.29, 0.717) is 6.04 Å². The van der Waals surface area contributed by atoms with Crippen LogP contribution in [0.25, 0.3) is 0 Å². The highest BCUT2D eigenvalue weighted by atomic mass is 32.2. The molecule has 114 valence electrons. The Morgan fingerprint density at radius 2 is 2.14 bits per heavy atom. The topological polar surface area (TPSA) is 61.8 Å². The summed E-state index contributed by atoms with van der Waals surface area (Å²) in [6, 6.07) is 6.86. The van der Waals surface area contributed by atoms with Gasteiger partial charge in [0.15, 0.2) is 5.84 Å². The number of nitrogens with two attached hydrogens (primary N) is 1. The molecule has 4 nitrogen and oxygen atoms in total. The lowest BCUT2D eigenvalue weighted by Gasteiger charge is -2.40. The average molecular weight is 305 g/mol. The molecule has 2 fully saturated rings. The molecule has 3 rings (SSSR count). The number of fused-ring (bicyclic) bond motifs is 1. The molecule has 1 aliphatic carbocycles. The normalized spacial score (nSPS) is 26.0. The molecule has 5 heteroatoms. The Labute approximate surface area is 130 Å². The highest BCUT2D eigenvalue weighted by Crippen LogP contribution is 2.41. The summed E-state index contributed by atoms with van der Waals surface area (Å²) in [5.41, 5.74) is 8.00. The largest absolute Gasteiger partial charge is 0.409 e. The van der Waals surface area contributed by atoms with Crippen LogP contribution in [-0.2, 0) is 0 Å². The number of hydrogen-bond acceptors (Lipinski definition) is 4. The first-order chi connectivity index (χ1) is 10.3. The van der Waals surface area contributed by atoms with Crippen LogP contribution in [0.2, 0.25) is 0 Å². The summed E-state index contributed by atoms with van der Waals surface area (Å²) in [4.78, 5) is 3.58. The van der Waals surface area contributed by atoms with E-state index in [-0.39, 0.29) is 5.84 Å². The van der Waals surface area contributed by atoms with Crippen molar-refractivity contribution < 1.29 is 5.21 Å². The first kappa shape index (κ1) is 14.6. The molecule has 0 amide bonds. The van der Waals surface area contributed by atoms with Gasteiger partial charge in [0.05, 0.1) is 5.56 Å². The number of piperidine rings is 1. The van der Waals surface area contributed by atoms with Crippen molar-refractivity contribution in [2.75, 3.05) is 17.7 Å². The zero-order chi connectivity index (χ0) is 14.8. The van der Waals surface area contributed by atoms with Crippen molar-refractivity contribution in [2.45, 2.75) is 43.0 Å². The summed E-state index contributed by atoms with van der Waals surface area (Å²) in [5, 5.41) is 12.4. The number of benzene rings is 1. The molecular weight excluding hydrogens is 282 g/mol. The maximum atomic E-state index is 9.15. The summed E-state index contributed by atoms with van der Waals surface area (Å²) in [5.74, 6) is 1.03. The van der Waals surface area contributed by atoms with Gasteiger partial charge in [-0.1, -0.05) is 17.6 Å². The van der Waals surface area contributed by atoms with E-state index in [2.05, 4.69) is 22.2 Å². The molecule has 1 aliphatic heterocycles. The lowest BCUT2D eigenvalue weighted by atomic mass is 9.91. The quantitative estimate of drug-likeness (QED) is 0.296. The summed E-state index contributed by atoms with van der Waals surface area (Å²) in [6.07, 6.45) is 8.56. The van der Waals surface area contributed by atoms with Crippen LogP contribution in [0.1, 0.15) is 37.7 Å². The van der Waals surface area contributed by atoms with E-state index in [4.69, 9.17) is 10.9 Å². The van der Waals surface area contributed by atoms with Crippen LogP contribution < -0.4 is 10.6 Å². The molecule has 1 aromatic rings. The Morgan fingerprint density at radius 1 is 1.33 bits per heavy atom. The highest BCUT2D eigenvalue weighted by molar-refractivity contribution is 7.98. The SMILES string of the molecule is CSc1cccc(N2CCCC3CCCC32)c1/C(N)=N/O. The molecule has 0 radical (unpaired) electrons. The van der Waals surface area contributed by atoms with Crippen LogP contribution in [0.15, 0.2) is 28.3 Å². The molecule has 0 bridgehead atoms. The number of amidine groups is 1. The van der Waals surface area contributed by atoms with Gasteiger partial charge in [-0.3, -0.25) is 0 Å². The van der Waals surface area contributed by atoms with E-state index < -0.39 is 0 Å². The predicted molar refractivity (Wildman–Crippen MR) is 88.4 cm³/mol. The van der Waals surface area contributed by atoms with Crippen LogP contribution in [0.3, 0.4) is 0 Å². The highest BCUT2D eigenvalue weighted by Gasteiger charge is 2.36. The van der Waals surface area contributed by atoms with Crippen LogP contribution in [0.4, 0.5) is 5.69 Å². The van der Waals surface area contributed by atoms with Crippen molar-refractivity contribution in [3.05, 3.63) is 23.8 Å². The molecule has 0 aromatic heterocycles. The van der Waals surface area contributed by atoms with E-state index in [1.807, 2.05) is 12.3 Å². The van der Waals surface area contributed by atoms with Gasteiger partial charge >= 0.3 is 0 Å². The van der Waals surface area contributed by atoms with Crippen LogP contribution >= 0.6 is 11.8 Å². The lowest BCUT2D eigenvalue weighted by molar-refractivity contribution is 0.318. The van der Waals surface area contributed by atoms with E-state index in [0.717, 1.165) is 28.6 Å². The van der Waals surface area contributed by atoms with E-state index in [1.54, 1.807) is 11.8 Å². The van der Waals surface area contributed by atoms with Gasteiger partial charge in [0, 0.05) is 23.2 Å². The number of hydrogen-bond donors (Lipinski definition) is 2. The van der Waals surface area contributed by atoms with Crippen LogP contribution in [-0.4, -0.2) is 29.9 Å². The van der Waals surface area contributed by atoms with Crippen molar-refractivity contribution in [1.29, 1.82) is 0 Å². The Kier molecular flexibility index (Phi) is 4.29.